The first-order valence-electron chi connectivity index (χ1n) is 8.65. The third kappa shape index (κ3) is 1.99. The maximum atomic E-state index is 5.08. The molecule has 6 nitrogen and oxygen atoms in total. The molecular formula is C18H20N6. The van der Waals surface area contributed by atoms with Gasteiger partial charge in [0.15, 0.2) is 5.65 Å². The highest BCUT2D eigenvalue weighted by molar-refractivity contribution is 5.83. The van der Waals surface area contributed by atoms with E-state index in [0.717, 1.165) is 27.9 Å². The average Bonchev–Trinajstić information content (AvgIpc) is 3.32. The molecule has 5 rings (SSSR count). The molecule has 0 saturated heterocycles. The molecule has 0 amide bonds. The molecule has 0 aromatic carbocycles. The van der Waals surface area contributed by atoms with E-state index in [0.29, 0.717) is 5.92 Å². The van der Waals surface area contributed by atoms with E-state index in [4.69, 9.17) is 4.98 Å². The summed E-state index contributed by atoms with van der Waals surface area (Å²) in [6, 6.07) is 2.09. The van der Waals surface area contributed by atoms with Crippen LogP contribution in [0.15, 0.2) is 30.9 Å². The fraction of sp³-hybridized carbons (Fsp3) is 0.389. The molecule has 4 heterocycles. The molecule has 0 bridgehead atoms. The molecule has 6 heteroatoms. The first kappa shape index (κ1) is 13.8. The van der Waals surface area contributed by atoms with Crippen LogP contribution >= 0.6 is 0 Å². The zero-order valence-electron chi connectivity index (χ0n) is 13.7. The molecule has 1 aliphatic carbocycles. The van der Waals surface area contributed by atoms with Crippen LogP contribution in [0.2, 0.25) is 0 Å². The van der Waals surface area contributed by atoms with Crippen molar-refractivity contribution in [3.63, 3.8) is 0 Å². The molecule has 1 aliphatic rings. The summed E-state index contributed by atoms with van der Waals surface area (Å²) in [5.41, 5.74) is 5.12. The number of H-pyrrole nitrogens is 1. The second-order valence-corrected chi connectivity index (χ2v) is 6.75. The van der Waals surface area contributed by atoms with E-state index in [1.807, 2.05) is 36.5 Å². The molecular weight excluding hydrogens is 300 g/mol. The topological polar surface area (TPSA) is 63.8 Å². The van der Waals surface area contributed by atoms with Gasteiger partial charge in [-0.1, -0.05) is 19.3 Å². The van der Waals surface area contributed by atoms with Crippen LogP contribution in [0.4, 0.5) is 0 Å². The number of aromatic nitrogens is 6. The normalized spacial score (nSPS) is 16.4. The van der Waals surface area contributed by atoms with Gasteiger partial charge in [0.2, 0.25) is 0 Å². The van der Waals surface area contributed by atoms with E-state index in [9.17, 15) is 0 Å². The molecule has 0 radical (unpaired) electrons. The van der Waals surface area contributed by atoms with E-state index < -0.39 is 0 Å². The van der Waals surface area contributed by atoms with E-state index in [2.05, 4.69) is 25.5 Å². The van der Waals surface area contributed by atoms with Crippen LogP contribution in [0.25, 0.3) is 27.9 Å². The minimum absolute atomic E-state index is 0.525. The maximum Gasteiger partial charge on any atom is 0.154 e. The quantitative estimate of drug-likeness (QED) is 0.613. The van der Waals surface area contributed by atoms with Gasteiger partial charge in [-0.15, -0.1) is 0 Å². The molecule has 1 saturated carbocycles. The minimum atomic E-state index is 0.525. The SMILES string of the molecule is Cn1cc(-c2nc(C3CCCCC3)n3c2cnc2[nH]ccc23)cn1. The number of imidazole rings is 1. The monoisotopic (exact) mass is 320 g/mol. The Labute approximate surface area is 139 Å². The highest BCUT2D eigenvalue weighted by Crippen LogP contribution is 2.36. The van der Waals surface area contributed by atoms with Crippen molar-refractivity contribution in [2.24, 2.45) is 7.05 Å². The number of hydrogen-bond donors (Lipinski definition) is 1. The van der Waals surface area contributed by atoms with Crippen molar-refractivity contribution in [3.05, 3.63) is 36.7 Å². The van der Waals surface area contributed by atoms with Gasteiger partial charge in [-0.2, -0.15) is 5.10 Å². The Morgan fingerprint density at radius 3 is 2.79 bits per heavy atom. The van der Waals surface area contributed by atoms with Crippen molar-refractivity contribution in [1.29, 1.82) is 0 Å². The summed E-state index contributed by atoms with van der Waals surface area (Å²) >= 11 is 0. The molecule has 1 fully saturated rings. The molecule has 0 aliphatic heterocycles. The van der Waals surface area contributed by atoms with Crippen LogP contribution in [0.5, 0.6) is 0 Å². The van der Waals surface area contributed by atoms with E-state index in [1.165, 1.54) is 37.9 Å². The Morgan fingerprint density at radius 2 is 2.00 bits per heavy atom. The van der Waals surface area contributed by atoms with Gasteiger partial charge < -0.3 is 4.98 Å². The maximum absolute atomic E-state index is 5.08. The molecule has 122 valence electrons. The van der Waals surface area contributed by atoms with Gasteiger partial charge in [0.25, 0.3) is 0 Å². The van der Waals surface area contributed by atoms with Gasteiger partial charge in [-0.3, -0.25) is 9.08 Å². The summed E-state index contributed by atoms with van der Waals surface area (Å²) in [6.07, 6.45) is 14.2. The van der Waals surface area contributed by atoms with Crippen LogP contribution < -0.4 is 0 Å². The molecule has 1 N–H and O–H groups in total. The fourth-order valence-corrected chi connectivity index (χ4v) is 3.98. The summed E-state index contributed by atoms with van der Waals surface area (Å²) < 4.78 is 4.13. The van der Waals surface area contributed by atoms with Gasteiger partial charge in [0.1, 0.15) is 11.5 Å². The summed E-state index contributed by atoms with van der Waals surface area (Å²) in [5, 5.41) is 4.31. The third-order valence-electron chi connectivity index (χ3n) is 5.15. The van der Waals surface area contributed by atoms with Crippen molar-refractivity contribution < 1.29 is 0 Å². The molecule has 0 atom stereocenters. The van der Waals surface area contributed by atoms with Crippen molar-refractivity contribution in [2.75, 3.05) is 0 Å². The summed E-state index contributed by atoms with van der Waals surface area (Å²) in [7, 11) is 1.94. The van der Waals surface area contributed by atoms with Crippen LogP contribution in [-0.4, -0.2) is 29.1 Å². The lowest BCUT2D eigenvalue weighted by Crippen LogP contribution is -2.09. The summed E-state index contributed by atoms with van der Waals surface area (Å²) in [4.78, 5) is 12.9. The zero-order valence-corrected chi connectivity index (χ0v) is 13.7. The van der Waals surface area contributed by atoms with Crippen molar-refractivity contribution in [2.45, 2.75) is 38.0 Å². The predicted molar refractivity (Wildman–Crippen MR) is 92.9 cm³/mol. The van der Waals surface area contributed by atoms with Crippen molar-refractivity contribution in [1.82, 2.24) is 29.1 Å². The van der Waals surface area contributed by atoms with E-state index in [1.54, 1.807) is 0 Å². The Hall–Kier alpha value is -2.63. The second kappa shape index (κ2) is 5.19. The highest BCUT2D eigenvalue weighted by atomic mass is 15.2. The molecule has 0 spiro atoms. The Kier molecular flexibility index (Phi) is 2.98. The highest BCUT2D eigenvalue weighted by Gasteiger charge is 2.24. The Bertz CT molecular complexity index is 1010. The largest absolute Gasteiger partial charge is 0.345 e. The average molecular weight is 320 g/mol. The minimum Gasteiger partial charge on any atom is -0.345 e. The van der Waals surface area contributed by atoms with Gasteiger partial charge in [-0.25, -0.2) is 9.97 Å². The molecule has 4 aromatic heterocycles. The van der Waals surface area contributed by atoms with Crippen LogP contribution in [0.1, 0.15) is 43.8 Å². The summed E-state index contributed by atoms with van der Waals surface area (Å²) in [6.45, 7) is 0. The van der Waals surface area contributed by atoms with Crippen LogP contribution in [0, 0.1) is 0 Å². The van der Waals surface area contributed by atoms with Gasteiger partial charge in [0.05, 0.1) is 23.4 Å². The number of aryl methyl sites for hydroxylation is 1. The van der Waals surface area contributed by atoms with E-state index in [-0.39, 0.29) is 0 Å². The third-order valence-corrected chi connectivity index (χ3v) is 5.15. The van der Waals surface area contributed by atoms with Gasteiger partial charge in [0, 0.05) is 30.9 Å². The lowest BCUT2D eigenvalue weighted by molar-refractivity contribution is 0.429. The number of nitrogens with one attached hydrogen (secondary N) is 1. The first-order valence-corrected chi connectivity index (χ1v) is 8.65. The summed E-state index contributed by atoms with van der Waals surface area (Å²) in [5.74, 6) is 1.70. The van der Waals surface area contributed by atoms with E-state index >= 15 is 0 Å². The number of nitrogens with zero attached hydrogens (tertiary/aromatic N) is 5. The lowest BCUT2D eigenvalue weighted by atomic mass is 9.89. The number of fused-ring (bicyclic) bond motifs is 3. The van der Waals surface area contributed by atoms with Gasteiger partial charge in [-0.05, 0) is 18.9 Å². The number of hydrogen-bond acceptors (Lipinski definition) is 3. The first-order chi connectivity index (χ1) is 11.8. The smallest absolute Gasteiger partial charge is 0.154 e. The zero-order chi connectivity index (χ0) is 16.1. The molecule has 24 heavy (non-hydrogen) atoms. The van der Waals surface area contributed by atoms with Crippen LogP contribution in [0.3, 0.4) is 0 Å². The van der Waals surface area contributed by atoms with Crippen molar-refractivity contribution in [3.8, 4) is 11.3 Å². The second-order valence-electron chi connectivity index (χ2n) is 6.75. The standard InChI is InChI=1S/C18H20N6/c1-23-11-13(9-21-23)16-15-10-20-17-14(7-8-19-17)24(15)18(22-16)12-5-3-2-4-6-12/h7-12,19H,2-6H2,1H3. The van der Waals surface area contributed by atoms with Crippen molar-refractivity contribution >= 4 is 16.7 Å². The lowest BCUT2D eigenvalue weighted by Gasteiger charge is -2.20. The molecule has 4 aromatic rings. The molecule has 0 unspecified atom stereocenters. The Balaban J connectivity index is 1.81. The Morgan fingerprint density at radius 1 is 1.12 bits per heavy atom. The predicted octanol–water partition coefficient (Wildman–Crippen LogP) is 3.66. The van der Waals surface area contributed by atoms with Gasteiger partial charge >= 0.3 is 0 Å². The van der Waals surface area contributed by atoms with Crippen LogP contribution in [-0.2, 0) is 7.05 Å². The number of rotatable bonds is 2. The fourth-order valence-electron chi connectivity index (χ4n) is 3.98. The number of aromatic amines is 1.